The highest BCUT2D eigenvalue weighted by Gasteiger charge is 2.30. The molecule has 1 aliphatic carbocycles. The first-order chi connectivity index (χ1) is 8.56. The highest BCUT2D eigenvalue weighted by atomic mass is 32.1. The minimum atomic E-state index is -0.364. The van der Waals surface area contributed by atoms with Crippen molar-refractivity contribution in [3.63, 3.8) is 0 Å². The maximum atomic E-state index is 14.0. The van der Waals surface area contributed by atoms with Gasteiger partial charge in [0.05, 0.1) is 5.69 Å². The summed E-state index contributed by atoms with van der Waals surface area (Å²) in [7, 11) is 0. The monoisotopic (exact) mass is 266 g/mol. The van der Waals surface area contributed by atoms with E-state index in [9.17, 15) is 8.78 Å². The molecule has 2 aromatic rings. The third-order valence-corrected chi connectivity index (χ3v) is 4.42. The molecule has 1 atom stereocenters. The molecule has 1 heterocycles. The fourth-order valence-electron chi connectivity index (χ4n) is 2.47. The standard InChI is InChI=1S/C13H12F2N2S/c1-6-4-10(15)8(5-9(6)14)7-2-3-11-12(7)18-13(16)17-11/h4-5,7H,2-3H2,1H3,(H2,16,17). The van der Waals surface area contributed by atoms with Gasteiger partial charge in [-0.25, -0.2) is 13.8 Å². The molecule has 0 radical (unpaired) electrons. The van der Waals surface area contributed by atoms with E-state index in [1.54, 1.807) is 6.92 Å². The Labute approximate surface area is 107 Å². The third-order valence-electron chi connectivity index (χ3n) is 3.38. The molecular weight excluding hydrogens is 254 g/mol. The molecule has 1 aromatic carbocycles. The molecule has 0 saturated heterocycles. The summed E-state index contributed by atoms with van der Waals surface area (Å²) in [6.45, 7) is 1.56. The summed E-state index contributed by atoms with van der Waals surface area (Å²) < 4.78 is 27.6. The van der Waals surface area contributed by atoms with Crippen molar-refractivity contribution in [3.8, 4) is 0 Å². The lowest BCUT2D eigenvalue weighted by Crippen LogP contribution is -2.01. The minimum absolute atomic E-state index is 0.107. The summed E-state index contributed by atoms with van der Waals surface area (Å²) >= 11 is 1.38. The van der Waals surface area contributed by atoms with Crippen LogP contribution in [0.15, 0.2) is 12.1 Å². The molecule has 0 bridgehead atoms. The van der Waals surface area contributed by atoms with Crippen LogP contribution in [0, 0.1) is 18.6 Å². The molecule has 0 aliphatic heterocycles. The van der Waals surface area contributed by atoms with Crippen LogP contribution in [0.4, 0.5) is 13.9 Å². The molecule has 0 amide bonds. The Balaban J connectivity index is 2.09. The van der Waals surface area contributed by atoms with E-state index in [-0.39, 0.29) is 17.6 Å². The highest BCUT2D eigenvalue weighted by Crippen LogP contribution is 2.43. The Kier molecular flexibility index (Phi) is 2.59. The summed E-state index contributed by atoms with van der Waals surface area (Å²) in [4.78, 5) is 5.20. The molecule has 1 aliphatic rings. The summed E-state index contributed by atoms with van der Waals surface area (Å²) in [5.74, 6) is -0.819. The van der Waals surface area contributed by atoms with Crippen LogP contribution in [0.2, 0.25) is 0 Å². The van der Waals surface area contributed by atoms with Crippen LogP contribution < -0.4 is 5.73 Å². The first-order valence-electron chi connectivity index (χ1n) is 5.77. The maximum absolute atomic E-state index is 14.0. The van der Waals surface area contributed by atoms with Crippen LogP contribution >= 0.6 is 11.3 Å². The number of anilines is 1. The number of benzene rings is 1. The molecule has 2 N–H and O–H groups in total. The molecular formula is C13H12F2N2S. The number of nitrogen functional groups attached to an aromatic ring is 1. The molecule has 3 rings (SSSR count). The molecule has 5 heteroatoms. The lowest BCUT2D eigenvalue weighted by Gasteiger charge is -2.12. The average Bonchev–Trinajstić information content (AvgIpc) is 2.82. The van der Waals surface area contributed by atoms with Crippen LogP contribution in [-0.2, 0) is 6.42 Å². The van der Waals surface area contributed by atoms with Crippen LogP contribution in [0.25, 0.3) is 0 Å². The van der Waals surface area contributed by atoms with Gasteiger partial charge in [-0.05, 0) is 43.0 Å². The van der Waals surface area contributed by atoms with Gasteiger partial charge in [-0.3, -0.25) is 0 Å². The lowest BCUT2D eigenvalue weighted by atomic mass is 9.96. The van der Waals surface area contributed by atoms with Crippen LogP contribution in [-0.4, -0.2) is 4.98 Å². The van der Waals surface area contributed by atoms with Gasteiger partial charge in [0, 0.05) is 10.8 Å². The smallest absolute Gasteiger partial charge is 0.180 e. The van der Waals surface area contributed by atoms with Gasteiger partial charge < -0.3 is 5.73 Å². The normalized spacial score (nSPS) is 18.1. The minimum Gasteiger partial charge on any atom is -0.375 e. The second-order valence-electron chi connectivity index (χ2n) is 4.58. The van der Waals surface area contributed by atoms with E-state index in [1.807, 2.05) is 0 Å². The van der Waals surface area contributed by atoms with Crippen molar-refractivity contribution < 1.29 is 8.78 Å². The molecule has 94 valence electrons. The number of aryl methyl sites for hydroxylation is 2. The number of nitrogens with zero attached hydrogens (tertiary/aromatic N) is 1. The van der Waals surface area contributed by atoms with Gasteiger partial charge >= 0.3 is 0 Å². The number of thiazole rings is 1. The largest absolute Gasteiger partial charge is 0.375 e. The van der Waals surface area contributed by atoms with Gasteiger partial charge in [0.15, 0.2) is 5.13 Å². The van der Waals surface area contributed by atoms with Gasteiger partial charge in [0.25, 0.3) is 0 Å². The van der Waals surface area contributed by atoms with Crippen molar-refractivity contribution >= 4 is 16.5 Å². The Morgan fingerprint density at radius 1 is 1.33 bits per heavy atom. The summed E-state index contributed by atoms with van der Waals surface area (Å²) in [6, 6.07) is 2.56. The van der Waals surface area contributed by atoms with E-state index in [0.29, 0.717) is 16.3 Å². The van der Waals surface area contributed by atoms with E-state index >= 15 is 0 Å². The Bertz CT molecular complexity index is 622. The highest BCUT2D eigenvalue weighted by molar-refractivity contribution is 7.15. The number of nitrogens with two attached hydrogens (primary N) is 1. The average molecular weight is 266 g/mol. The predicted molar refractivity (Wildman–Crippen MR) is 67.8 cm³/mol. The van der Waals surface area contributed by atoms with Gasteiger partial charge in [-0.1, -0.05) is 0 Å². The van der Waals surface area contributed by atoms with Crippen LogP contribution in [0.5, 0.6) is 0 Å². The van der Waals surface area contributed by atoms with E-state index in [4.69, 9.17) is 5.73 Å². The fraction of sp³-hybridized carbons (Fsp3) is 0.308. The first-order valence-corrected chi connectivity index (χ1v) is 6.58. The topological polar surface area (TPSA) is 38.9 Å². The summed E-state index contributed by atoms with van der Waals surface area (Å²) in [5, 5.41) is 0.498. The molecule has 2 nitrogen and oxygen atoms in total. The zero-order chi connectivity index (χ0) is 12.9. The maximum Gasteiger partial charge on any atom is 0.180 e. The third kappa shape index (κ3) is 1.70. The number of fused-ring (bicyclic) bond motifs is 1. The molecule has 1 aromatic heterocycles. The number of halogens is 2. The van der Waals surface area contributed by atoms with Crippen molar-refractivity contribution in [3.05, 3.63) is 45.5 Å². The van der Waals surface area contributed by atoms with E-state index in [2.05, 4.69) is 4.98 Å². The number of hydrogen-bond donors (Lipinski definition) is 1. The van der Waals surface area contributed by atoms with Crippen LogP contribution in [0.1, 0.15) is 34.0 Å². The Morgan fingerprint density at radius 3 is 2.89 bits per heavy atom. The van der Waals surface area contributed by atoms with E-state index < -0.39 is 0 Å². The number of aromatic nitrogens is 1. The van der Waals surface area contributed by atoms with Crippen molar-refractivity contribution in [2.75, 3.05) is 5.73 Å². The summed E-state index contributed by atoms with van der Waals surface area (Å²) in [6.07, 6.45) is 1.55. The van der Waals surface area contributed by atoms with Crippen LogP contribution in [0.3, 0.4) is 0 Å². The first kappa shape index (κ1) is 11.6. The van der Waals surface area contributed by atoms with E-state index in [1.165, 1.54) is 23.5 Å². The second kappa shape index (κ2) is 4.02. The van der Waals surface area contributed by atoms with Crippen molar-refractivity contribution in [1.29, 1.82) is 0 Å². The molecule has 18 heavy (non-hydrogen) atoms. The van der Waals surface area contributed by atoms with E-state index in [0.717, 1.165) is 23.4 Å². The fourth-order valence-corrected chi connectivity index (χ4v) is 3.51. The van der Waals surface area contributed by atoms with Gasteiger partial charge in [0.2, 0.25) is 0 Å². The Morgan fingerprint density at radius 2 is 2.11 bits per heavy atom. The molecule has 1 unspecified atom stereocenters. The Hall–Kier alpha value is -1.49. The number of rotatable bonds is 1. The zero-order valence-corrected chi connectivity index (χ0v) is 10.7. The van der Waals surface area contributed by atoms with Crippen molar-refractivity contribution in [2.45, 2.75) is 25.7 Å². The predicted octanol–water partition coefficient (Wildman–Crippen LogP) is 3.39. The quantitative estimate of drug-likeness (QED) is 0.859. The zero-order valence-electron chi connectivity index (χ0n) is 9.84. The second-order valence-corrected chi connectivity index (χ2v) is 5.64. The number of hydrogen-bond acceptors (Lipinski definition) is 3. The molecule has 0 fully saturated rings. The van der Waals surface area contributed by atoms with Gasteiger partial charge in [0.1, 0.15) is 11.6 Å². The van der Waals surface area contributed by atoms with Gasteiger partial charge in [-0.2, -0.15) is 0 Å². The molecule has 0 saturated carbocycles. The summed E-state index contributed by atoms with van der Waals surface area (Å²) in [5.41, 5.74) is 7.34. The van der Waals surface area contributed by atoms with Gasteiger partial charge in [-0.15, -0.1) is 11.3 Å². The van der Waals surface area contributed by atoms with Crippen molar-refractivity contribution in [2.24, 2.45) is 0 Å². The lowest BCUT2D eigenvalue weighted by molar-refractivity contribution is 0.568. The molecule has 0 spiro atoms. The van der Waals surface area contributed by atoms with Crippen molar-refractivity contribution in [1.82, 2.24) is 4.98 Å². The SMILES string of the molecule is Cc1cc(F)c(C2CCc3nc(N)sc32)cc1F.